The third-order valence-electron chi connectivity index (χ3n) is 4.10. The van der Waals surface area contributed by atoms with Crippen molar-refractivity contribution in [2.45, 2.75) is 33.2 Å². The third kappa shape index (κ3) is 6.72. The van der Waals surface area contributed by atoms with Crippen LogP contribution < -0.4 is 5.32 Å². The van der Waals surface area contributed by atoms with Gasteiger partial charge in [0.05, 0.1) is 19.1 Å². The molecule has 1 heterocycles. The van der Waals surface area contributed by atoms with Gasteiger partial charge in [-0.2, -0.15) is 0 Å². The van der Waals surface area contributed by atoms with E-state index in [4.69, 9.17) is 4.74 Å². The van der Waals surface area contributed by atoms with Crippen molar-refractivity contribution >= 4 is 35.9 Å². The van der Waals surface area contributed by atoms with Gasteiger partial charge >= 0.3 is 5.97 Å². The summed E-state index contributed by atoms with van der Waals surface area (Å²) < 4.78 is 5.12. The molecule has 0 spiro atoms. The number of carbonyl (C=O) groups excluding carboxylic acids is 1. The van der Waals surface area contributed by atoms with Crippen LogP contribution in [0, 0.1) is 5.92 Å². The van der Waals surface area contributed by atoms with E-state index in [1.165, 1.54) is 0 Å². The lowest BCUT2D eigenvalue weighted by Gasteiger charge is -2.33. The molecule has 0 saturated carbocycles. The number of halogens is 1. The number of aliphatic imine (C=N–C) groups is 1. The van der Waals surface area contributed by atoms with E-state index in [9.17, 15) is 9.90 Å². The lowest BCUT2D eigenvalue weighted by molar-refractivity contribution is -0.149. The smallest absolute Gasteiger partial charge is 0.309 e. The molecule has 2 rings (SSSR count). The van der Waals surface area contributed by atoms with Crippen LogP contribution in [0.4, 0.5) is 0 Å². The first-order valence-corrected chi connectivity index (χ1v) is 8.61. The molecule has 0 amide bonds. The SMILES string of the molecule is CCNC(=NCc1ccc(O)cc1)N1CCC(C(=O)OCC)CC1.I. The zero-order chi connectivity index (χ0) is 17.4. The van der Waals surface area contributed by atoms with Crippen molar-refractivity contribution in [3.63, 3.8) is 0 Å². The molecule has 1 saturated heterocycles. The number of nitrogens with one attached hydrogen (secondary N) is 1. The average Bonchev–Trinajstić information content (AvgIpc) is 2.60. The van der Waals surface area contributed by atoms with Gasteiger partial charge in [-0.15, -0.1) is 24.0 Å². The quantitative estimate of drug-likeness (QED) is 0.306. The summed E-state index contributed by atoms with van der Waals surface area (Å²) in [5.74, 6) is 1.05. The molecule has 1 aromatic carbocycles. The minimum absolute atomic E-state index is 0. The highest BCUT2D eigenvalue weighted by Gasteiger charge is 2.27. The molecule has 6 nitrogen and oxygen atoms in total. The largest absolute Gasteiger partial charge is 0.508 e. The molecule has 1 aromatic rings. The molecule has 0 radical (unpaired) electrons. The Morgan fingerprint density at radius 1 is 1.28 bits per heavy atom. The first-order valence-electron chi connectivity index (χ1n) is 8.61. The summed E-state index contributed by atoms with van der Waals surface area (Å²) in [5.41, 5.74) is 1.05. The molecule has 1 aliphatic heterocycles. The van der Waals surface area contributed by atoms with E-state index in [1.54, 1.807) is 12.1 Å². The number of rotatable bonds is 5. The Hall–Kier alpha value is -1.51. The number of phenols is 1. The standard InChI is InChI=1S/C18H27N3O3.HI/c1-3-19-18(20-13-14-5-7-16(22)8-6-14)21-11-9-15(10-12-21)17(23)24-4-2;/h5-8,15,22H,3-4,9-13H2,1-2H3,(H,19,20);1H. The third-order valence-corrected chi connectivity index (χ3v) is 4.10. The molecule has 1 fully saturated rings. The van der Waals surface area contributed by atoms with Crippen molar-refractivity contribution in [2.75, 3.05) is 26.2 Å². The number of ether oxygens (including phenoxy) is 1. The number of hydrogen-bond acceptors (Lipinski definition) is 4. The molecular formula is C18H28IN3O3. The Morgan fingerprint density at radius 3 is 2.48 bits per heavy atom. The van der Waals surface area contributed by atoms with Crippen molar-refractivity contribution in [1.29, 1.82) is 0 Å². The van der Waals surface area contributed by atoms with Gasteiger partial charge in [0.25, 0.3) is 0 Å². The van der Waals surface area contributed by atoms with Crippen LogP contribution in [0.5, 0.6) is 5.75 Å². The van der Waals surface area contributed by atoms with Crippen LogP contribution in [0.2, 0.25) is 0 Å². The summed E-state index contributed by atoms with van der Waals surface area (Å²) in [6, 6.07) is 7.08. The van der Waals surface area contributed by atoms with Gasteiger partial charge in [0.15, 0.2) is 5.96 Å². The van der Waals surface area contributed by atoms with Gasteiger partial charge in [-0.1, -0.05) is 12.1 Å². The summed E-state index contributed by atoms with van der Waals surface area (Å²) in [7, 11) is 0. The van der Waals surface area contributed by atoms with Crippen LogP contribution in [-0.4, -0.2) is 48.2 Å². The highest BCUT2D eigenvalue weighted by molar-refractivity contribution is 14.0. The fourth-order valence-electron chi connectivity index (χ4n) is 2.78. The van der Waals surface area contributed by atoms with Crippen molar-refractivity contribution in [1.82, 2.24) is 10.2 Å². The number of aromatic hydroxyl groups is 1. The second-order valence-corrected chi connectivity index (χ2v) is 5.85. The van der Waals surface area contributed by atoms with Gasteiger partial charge in [-0.3, -0.25) is 4.79 Å². The average molecular weight is 461 g/mol. The first kappa shape index (κ1) is 21.5. The van der Waals surface area contributed by atoms with E-state index in [2.05, 4.69) is 15.2 Å². The second-order valence-electron chi connectivity index (χ2n) is 5.85. The van der Waals surface area contributed by atoms with Crippen LogP contribution >= 0.6 is 24.0 Å². The molecule has 25 heavy (non-hydrogen) atoms. The summed E-state index contributed by atoms with van der Waals surface area (Å²) in [6.45, 7) is 7.27. The lowest BCUT2D eigenvalue weighted by Crippen LogP contribution is -2.46. The Balaban J connectivity index is 0.00000312. The molecule has 7 heteroatoms. The number of piperidine rings is 1. The van der Waals surface area contributed by atoms with E-state index in [1.807, 2.05) is 26.0 Å². The molecule has 2 N–H and O–H groups in total. The van der Waals surface area contributed by atoms with Crippen LogP contribution in [0.25, 0.3) is 0 Å². The van der Waals surface area contributed by atoms with Crippen LogP contribution in [0.3, 0.4) is 0 Å². The van der Waals surface area contributed by atoms with Crippen molar-refractivity contribution in [3.8, 4) is 5.75 Å². The number of carbonyl (C=O) groups is 1. The highest BCUT2D eigenvalue weighted by Crippen LogP contribution is 2.19. The topological polar surface area (TPSA) is 74.2 Å². The molecule has 140 valence electrons. The van der Waals surface area contributed by atoms with Gasteiger partial charge in [-0.05, 0) is 44.4 Å². The maximum absolute atomic E-state index is 11.8. The molecule has 0 bridgehead atoms. The normalized spacial score (nSPS) is 15.4. The predicted molar refractivity (Wildman–Crippen MR) is 109 cm³/mol. The van der Waals surface area contributed by atoms with Gasteiger partial charge in [-0.25, -0.2) is 4.99 Å². The van der Waals surface area contributed by atoms with Crippen molar-refractivity contribution in [2.24, 2.45) is 10.9 Å². The summed E-state index contributed by atoms with van der Waals surface area (Å²) in [5, 5.41) is 12.6. The molecule has 0 atom stereocenters. The lowest BCUT2D eigenvalue weighted by atomic mass is 9.97. The zero-order valence-corrected chi connectivity index (χ0v) is 17.2. The number of nitrogens with zero attached hydrogens (tertiary/aromatic N) is 2. The fraction of sp³-hybridized carbons (Fsp3) is 0.556. The maximum Gasteiger partial charge on any atom is 0.309 e. The number of guanidine groups is 1. The van der Waals surface area contributed by atoms with Crippen LogP contribution in [0.1, 0.15) is 32.3 Å². The van der Waals surface area contributed by atoms with E-state index >= 15 is 0 Å². The number of hydrogen-bond donors (Lipinski definition) is 2. The predicted octanol–water partition coefficient (Wildman–Crippen LogP) is 2.75. The summed E-state index contributed by atoms with van der Waals surface area (Å²) in [4.78, 5) is 18.7. The fourth-order valence-corrected chi connectivity index (χ4v) is 2.78. The Bertz CT molecular complexity index is 555. The molecule has 0 aromatic heterocycles. The summed E-state index contributed by atoms with van der Waals surface area (Å²) in [6.07, 6.45) is 1.59. The van der Waals surface area contributed by atoms with Gasteiger partial charge in [0, 0.05) is 19.6 Å². The van der Waals surface area contributed by atoms with Crippen molar-refractivity contribution < 1.29 is 14.6 Å². The minimum atomic E-state index is -0.0804. The Morgan fingerprint density at radius 2 is 1.92 bits per heavy atom. The Labute approximate surface area is 166 Å². The minimum Gasteiger partial charge on any atom is -0.508 e. The Kier molecular flexibility index (Phi) is 9.62. The number of esters is 1. The van der Waals surface area contributed by atoms with Gasteiger partial charge in [0.1, 0.15) is 5.75 Å². The van der Waals surface area contributed by atoms with E-state index < -0.39 is 0 Å². The van der Waals surface area contributed by atoms with E-state index in [0.29, 0.717) is 13.2 Å². The first-order chi connectivity index (χ1) is 11.6. The molecule has 0 unspecified atom stereocenters. The summed E-state index contributed by atoms with van der Waals surface area (Å²) >= 11 is 0. The van der Waals surface area contributed by atoms with Crippen LogP contribution in [-0.2, 0) is 16.1 Å². The van der Waals surface area contributed by atoms with Gasteiger partial charge in [0.2, 0.25) is 0 Å². The van der Waals surface area contributed by atoms with Gasteiger partial charge < -0.3 is 20.1 Å². The number of benzene rings is 1. The monoisotopic (exact) mass is 461 g/mol. The maximum atomic E-state index is 11.8. The highest BCUT2D eigenvalue weighted by atomic mass is 127. The molecule has 1 aliphatic rings. The second kappa shape index (κ2) is 11.2. The van der Waals surface area contributed by atoms with Crippen molar-refractivity contribution in [3.05, 3.63) is 29.8 Å². The zero-order valence-electron chi connectivity index (χ0n) is 14.9. The van der Waals surface area contributed by atoms with Crippen LogP contribution in [0.15, 0.2) is 29.3 Å². The van der Waals surface area contributed by atoms with E-state index in [0.717, 1.165) is 44.0 Å². The molecular weight excluding hydrogens is 433 g/mol. The number of phenolic OH excluding ortho intramolecular Hbond substituents is 1. The number of likely N-dealkylation sites (tertiary alicyclic amines) is 1. The van der Waals surface area contributed by atoms with E-state index in [-0.39, 0.29) is 41.6 Å². The molecule has 0 aliphatic carbocycles.